The van der Waals surface area contributed by atoms with Crippen molar-refractivity contribution in [1.82, 2.24) is 4.90 Å². The predicted molar refractivity (Wildman–Crippen MR) is 145 cm³/mol. The fourth-order valence-corrected chi connectivity index (χ4v) is 4.89. The SMILES string of the molecule is COc1ccc(NC(=O)c2ccc(-c3cccc(C(N)=O)c3)cc2)cc1C1(C#N)CCN(C(C)C)CC1. The van der Waals surface area contributed by atoms with Gasteiger partial charge < -0.3 is 20.7 Å². The number of methoxy groups -OCH3 is 1. The first-order chi connectivity index (χ1) is 17.8. The third-order valence-electron chi connectivity index (χ3n) is 7.20. The van der Waals surface area contributed by atoms with E-state index in [9.17, 15) is 14.9 Å². The maximum Gasteiger partial charge on any atom is 0.255 e. The van der Waals surface area contributed by atoms with Gasteiger partial charge in [0.15, 0.2) is 0 Å². The number of nitrogens with two attached hydrogens (primary N) is 1. The van der Waals surface area contributed by atoms with Gasteiger partial charge in [-0.3, -0.25) is 9.59 Å². The number of hydrogen-bond donors (Lipinski definition) is 2. The van der Waals surface area contributed by atoms with Crippen molar-refractivity contribution in [2.75, 3.05) is 25.5 Å². The number of carbonyl (C=O) groups excluding carboxylic acids is 2. The quantitative estimate of drug-likeness (QED) is 0.480. The number of benzene rings is 3. The van der Waals surface area contributed by atoms with Crippen molar-refractivity contribution >= 4 is 17.5 Å². The number of nitrogens with one attached hydrogen (secondary N) is 1. The molecule has 1 fully saturated rings. The first kappa shape index (κ1) is 25.9. The van der Waals surface area contributed by atoms with Crippen LogP contribution in [0.15, 0.2) is 66.7 Å². The molecule has 3 aromatic carbocycles. The average Bonchev–Trinajstić information content (AvgIpc) is 2.93. The van der Waals surface area contributed by atoms with E-state index in [1.54, 1.807) is 43.5 Å². The second kappa shape index (κ2) is 10.9. The number of likely N-dealkylation sites (tertiary alicyclic amines) is 1. The zero-order valence-corrected chi connectivity index (χ0v) is 21.5. The molecule has 3 N–H and O–H groups in total. The Labute approximate surface area is 217 Å². The van der Waals surface area contributed by atoms with Crippen molar-refractivity contribution in [3.05, 3.63) is 83.4 Å². The minimum absolute atomic E-state index is 0.255. The van der Waals surface area contributed by atoms with Crippen LogP contribution in [0.4, 0.5) is 5.69 Å². The Bertz CT molecular complexity index is 1330. The van der Waals surface area contributed by atoms with Crippen molar-refractivity contribution in [2.45, 2.75) is 38.1 Å². The lowest BCUT2D eigenvalue weighted by Gasteiger charge is -2.40. The molecule has 190 valence electrons. The lowest BCUT2D eigenvalue weighted by atomic mass is 9.73. The smallest absolute Gasteiger partial charge is 0.255 e. The van der Waals surface area contributed by atoms with E-state index in [0.29, 0.717) is 41.4 Å². The number of nitrogens with zero attached hydrogens (tertiary/aromatic N) is 2. The minimum atomic E-state index is -0.668. The van der Waals surface area contributed by atoms with Crippen LogP contribution in [0, 0.1) is 11.3 Å². The Hall–Kier alpha value is -4.15. The summed E-state index contributed by atoms with van der Waals surface area (Å²) in [6.45, 7) is 6.00. The van der Waals surface area contributed by atoms with Crippen LogP contribution in [0.1, 0.15) is 53.0 Å². The molecule has 0 atom stereocenters. The minimum Gasteiger partial charge on any atom is -0.496 e. The van der Waals surface area contributed by atoms with Gasteiger partial charge in [-0.15, -0.1) is 0 Å². The molecule has 37 heavy (non-hydrogen) atoms. The first-order valence-corrected chi connectivity index (χ1v) is 12.4. The molecule has 7 heteroatoms. The molecule has 3 aromatic rings. The zero-order chi connectivity index (χ0) is 26.6. The van der Waals surface area contributed by atoms with Crippen molar-refractivity contribution < 1.29 is 14.3 Å². The van der Waals surface area contributed by atoms with Gasteiger partial charge in [-0.05, 0) is 80.3 Å². The lowest BCUT2D eigenvalue weighted by Crippen LogP contribution is -2.44. The molecule has 1 heterocycles. The molecule has 0 aromatic heterocycles. The highest BCUT2D eigenvalue weighted by Crippen LogP contribution is 2.41. The van der Waals surface area contributed by atoms with Crippen molar-refractivity contribution in [1.29, 1.82) is 5.26 Å². The predicted octanol–water partition coefficient (Wildman–Crippen LogP) is 4.98. The summed E-state index contributed by atoms with van der Waals surface area (Å²) in [5.74, 6) is -0.0883. The number of carbonyl (C=O) groups is 2. The lowest BCUT2D eigenvalue weighted by molar-refractivity contribution is 0.0997. The van der Waals surface area contributed by atoms with Gasteiger partial charge in [-0.25, -0.2) is 0 Å². The van der Waals surface area contributed by atoms with E-state index >= 15 is 0 Å². The van der Waals surface area contributed by atoms with E-state index in [4.69, 9.17) is 10.5 Å². The van der Waals surface area contributed by atoms with Gasteiger partial charge in [0.2, 0.25) is 5.91 Å². The summed E-state index contributed by atoms with van der Waals surface area (Å²) in [4.78, 5) is 26.9. The number of piperidine rings is 1. The number of amides is 2. The van der Waals surface area contributed by atoms with E-state index in [1.165, 1.54) is 0 Å². The molecule has 2 amide bonds. The topological polar surface area (TPSA) is 108 Å². The summed E-state index contributed by atoms with van der Waals surface area (Å²) in [5, 5.41) is 13.2. The summed E-state index contributed by atoms with van der Waals surface area (Å²) in [7, 11) is 1.60. The summed E-state index contributed by atoms with van der Waals surface area (Å²) in [6.07, 6.45) is 1.40. The molecule has 1 saturated heterocycles. The van der Waals surface area contributed by atoms with Crippen LogP contribution >= 0.6 is 0 Å². The molecular formula is C30H32N4O3. The molecule has 1 aliphatic rings. The molecular weight excluding hydrogens is 464 g/mol. The van der Waals surface area contributed by atoms with Gasteiger partial charge in [-0.2, -0.15) is 5.26 Å². The standard InChI is InChI=1S/C30H32N4O3/c1-20(2)34-15-13-30(19-31,14-16-34)26-18-25(11-12-27(26)37-3)33-29(36)22-9-7-21(8-10-22)23-5-4-6-24(17-23)28(32)35/h4-12,17-18,20H,13-16H2,1-3H3,(H2,32,35)(H,33,36). The van der Waals surface area contributed by atoms with Crippen LogP contribution in [0.25, 0.3) is 11.1 Å². The Kier molecular flexibility index (Phi) is 7.61. The van der Waals surface area contributed by atoms with Crippen LogP contribution in [-0.4, -0.2) is 43.0 Å². The van der Waals surface area contributed by atoms with Crippen LogP contribution < -0.4 is 15.8 Å². The van der Waals surface area contributed by atoms with Gasteiger partial charge in [-0.1, -0.05) is 24.3 Å². The first-order valence-electron chi connectivity index (χ1n) is 12.4. The van der Waals surface area contributed by atoms with Gasteiger partial charge in [0, 0.05) is 41.5 Å². The van der Waals surface area contributed by atoms with E-state index in [1.807, 2.05) is 30.3 Å². The average molecular weight is 497 g/mol. The molecule has 1 aliphatic heterocycles. The third-order valence-corrected chi connectivity index (χ3v) is 7.20. The molecule has 0 saturated carbocycles. The van der Waals surface area contributed by atoms with Gasteiger partial charge in [0.1, 0.15) is 5.75 Å². The number of anilines is 1. The summed E-state index contributed by atoms with van der Waals surface area (Å²) < 4.78 is 5.62. The fraction of sp³-hybridized carbons (Fsp3) is 0.300. The molecule has 7 nitrogen and oxygen atoms in total. The Morgan fingerprint density at radius 2 is 1.70 bits per heavy atom. The molecule has 4 rings (SSSR count). The molecule has 0 spiro atoms. The Balaban J connectivity index is 1.54. The van der Waals surface area contributed by atoms with Crippen molar-refractivity contribution in [2.24, 2.45) is 5.73 Å². The zero-order valence-electron chi connectivity index (χ0n) is 21.5. The van der Waals surface area contributed by atoms with E-state index < -0.39 is 11.3 Å². The largest absolute Gasteiger partial charge is 0.496 e. The van der Waals surface area contributed by atoms with Crippen molar-refractivity contribution in [3.8, 4) is 22.9 Å². The molecule has 0 radical (unpaired) electrons. The van der Waals surface area contributed by atoms with Crippen LogP contribution in [0.3, 0.4) is 0 Å². The van der Waals surface area contributed by atoms with Gasteiger partial charge >= 0.3 is 0 Å². The highest BCUT2D eigenvalue weighted by atomic mass is 16.5. The second-order valence-electron chi connectivity index (χ2n) is 9.72. The maximum absolute atomic E-state index is 13.0. The number of rotatable bonds is 7. The Morgan fingerprint density at radius 3 is 2.30 bits per heavy atom. The molecule has 0 unspecified atom stereocenters. The second-order valence-corrected chi connectivity index (χ2v) is 9.72. The van der Waals surface area contributed by atoms with E-state index in [2.05, 4.69) is 30.1 Å². The Morgan fingerprint density at radius 1 is 1.00 bits per heavy atom. The number of hydrogen-bond acceptors (Lipinski definition) is 5. The van der Waals surface area contributed by atoms with Gasteiger partial charge in [0.25, 0.3) is 5.91 Å². The highest BCUT2D eigenvalue weighted by Gasteiger charge is 2.39. The van der Waals surface area contributed by atoms with Crippen LogP contribution in [0.2, 0.25) is 0 Å². The monoisotopic (exact) mass is 496 g/mol. The summed E-state index contributed by atoms with van der Waals surface area (Å²) in [5.41, 5.74) is 8.78. The van der Waals surface area contributed by atoms with Crippen LogP contribution in [0.5, 0.6) is 5.75 Å². The molecule has 0 bridgehead atoms. The van der Waals surface area contributed by atoms with Crippen molar-refractivity contribution in [3.63, 3.8) is 0 Å². The van der Waals surface area contributed by atoms with Gasteiger partial charge in [0.05, 0.1) is 18.6 Å². The van der Waals surface area contributed by atoms with E-state index in [0.717, 1.165) is 29.8 Å². The normalized spacial score (nSPS) is 15.1. The third kappa shape index (κ3) is 5.50. The van der Waals surface area contributed by atoms with Crippen LogP contribution in [-0.2, 0) is 5.41 Å². The molecule has 0 aliphatic carbocycles. The van der Waals surface area contributed by atoms with E-state index in [-0.39, 0.29) is 5.91 Å². The number of ether oxygens (including phenoxy) is 1. The highest BCUT2D eigenvalue weighted by molar-refractivity contribution is 6.04. The fourth-order valence-electron chi connectivity index (χ4n) is 4.89. The summed E-state index contributed by atoms with van der Waals surface area (Å²) >= 11 is 0. The number of nitriles is 1. The number of primary amides is 1. The summed E-state index contributed by atoms with van der Waals surface area (Å²) in [6, 6.07) is 22.7. The maximum atomic E-state index is 13.0.